The quantitative estimate of drug-likeness (QED) is 0.754. The summed E-state index contributed by atoms with van der Waals surface area (Å²) in [7, 11) is 0. The Morgan fingerprint density at radius 3 is 2.54 bits per heavy atom. The standard InChI is InChI=1S/C21H21F3N2O2/c22-17-9-19(24)18(23)8-15(17)10-25-7-6-21(12-25)13-26(20(27)11-28-14-21)16-4-2-1-3-5-16/h1-5,8-9H,6-7,10-14H2. The van der Waals surface area contributed by atoms with Crippen LogP contribution in [0.5, 0.6) is 0 Å². The van der Waals surface area contributed by atoms with Crippen LogP contribution in [0.3, 0.4) is 0 Å². The van der Waals surface area contributed by atoms with Gasteiger partial charge >= 0.3 is 0 Å². The molecule has 0 aliphatic carbocycles. The summed E-state index contributed by atoms with van der Waals surface area (Å²) < 4.78 is 46.3. The van der Waals surface area contributed by atoms with Gasteiger partial charge in [0.1, 0.15) is 12.4 Å². The van der Waals surface area contributed by atoms with Gasteiger partial charge in [-0.3, -0.25) is 9.69 Å². The summed E-state index contributed by atoms with van der Waals surface area (Å²) in [5.41, 5.74) is 0.667. The van der Waals surface area contributed by atoms with Crippen LogP contribution in [0.15, 0.2) is 42.5 Å². The van der Waals surface area contributed by atoms with Gasteiger partial charge < -0.3 is 9.64 Å². The molecule has 4 nitrogen and oxygen atoms in total. The van der Waals surface area contributed by atoms with E-state index < -0.39 is 17.5 Å². The van der Waals surface area contributed by atoms with Crippen LogP contribution < -0.4 is 4.90 Å². The first kappa shape index (κ1) is 19.0. The highest BCUT2D eigenvalue weighted by atomic mass is 19.2. The van der Waals surface area contributed by atoms with Crippen molar-refractivity contribution >= 4 is 11.6 Å². The molecule has 1 unspecified atom stereocenters. The normalized spacial score (nSPS) is 23.4. The third-order valence-corrected chi connectivity index (χ3v) is 5.50. The third-order valence-electron chi connectivity index (χ3n) is 5.50. The first-order valence-corrected chi connectivity index (χ1v) is 9.25. The van der Waals surface area contributed by atoms with Crippen LogP contribution in [0.25, 0.3) is 0 Å². The predicted octanol–water partition coefficient (Wildman–Crippen LogP) is 3.36. The fraction of sp³-hybridized carbons (Fsp3) is 0.381. The molecule has 1 atom stereocenters. The first-order chi connectivity index (χ1) is 13.5. The fourth-order valence-electron chi connectivity index (χ4n) is 4.08. The summed E-state index contributed by atoms with van der Waals surface area (Å²) in [4.78, 5) is 16.2. The second kappa shape index (κ2) is 7.56. The molecule has 148 valence electrons. The lowest BCUT2D eigenvalue weighted by atomic mass is 9.87. The van der Waals surface area contributed by atoms with Crippen molar-refractivity contribution in [2.75, 3.05) is 37.7 Å². The number of amides is 1. The maximum Gasteiger partial charge on any atom is 0.252 e. The lowest BCUT2D eigenvalue weighted by Crippen LogP contribution is -2.42. The monoisotopic (exact) mass is 390 g/mol. The summed E-state index contributed by atoms with van der Waals surface area (Å²) >= 11 is 0. The Kier molecular flexibility index (Phi) is 5.12. The largest absolute Gasteiger partial charge is 0.371 e. The van der Waals surface area contributed by atoms with Crippen molar-refractivity contribution in [2.24, 2.45) is 5.41 Å². The minimum absolute atomic E-state index is 0.0223. The number of carbonyl (C=O) groups excluding carboxylic acids is 1. The zero-order chi connectivity index (χ0) is 19.7. The van der Waals surface area contributed by atoms with E-state index in [4.69, 9.17) is 4.74 Å². The van der Waals surface area contributed by atoms with Crippen molar-refractivity contribution in [1.82, 2.24) is 4.90 Å². The molecule has 2 aromatic carbocycles. The summed E-state index contributed by atoms with van der Waals surface area (Å²) in [5.74, 6) is -3.08. The maximum absolute atomic E-state index is 14.0. The van der Waals surface area contributed by atoms with Crippen molar-refractivity contribution < 1.29 is 22.7 Å². The van der Waals surface area contributed by atoms with E-state index in [9.17, 15) is 18.0 Å². The lowest BCUT2D eigenvalue weighted by Gasteiger charge is -2.32. The molecule has 0 radical (unpaired) electrons. The molecule has 7 heteroatoms. The van der Waals surface area contributed by atoms with Crippen LogP contribution in [0.4, 0.5) is 18.9 Å². The highest BCUT2D eigenvalue weighted by Gasteiger charge is 2.43. The van der Waals surface area contributed by atoms with Gasteiger partial charge in [-0.2, -0.15) is 0 Å². The van der Waals surface area contributed by atoms with Gasteiger partial charge in [-0.05, 0) is 31.2 Å². The molecule has 2 aliphatic heterocycles. The Morgan fingerprint density at radius 2 is 1.75 bits per heavy atom. The van der Waals surface area contributed by atoms with Crippen LogP contribution in [0.2, 0.25) is 0 Å². The molecule has 28 heavy (non-hydrogen) atoms. The molecule has 2 aliphatic rings. The number of carbonyl (C=O) groups is 1. The van der Waals surface area contributed by atoms with Crippen molar-refractivity contribution in [2.45, 2.75) is 13.0 Å². The average Bonchev–Trinajstić information content (AvgIpc) is 2.99. The number of anilines is 1. The van der Waals surface area contributed by atoms with Crippen molar-refractivity contribution in [3.8, 4) is 0 Å². The van der Waals surface area contributed by atoms with E-state index in [1.165, 1.54) is 0 Å². The molecule has 2 fully saturated rings. The Bertz CT molecular complexity index is 877. The average molecular weight is 390 g/mol. The van der Waals surface area contributed by atoms with Crippen LogP contribution in [0, 0.1) is 22.9 Å². The van der Waals surface area contributed by atoms with Gasteiger partial charge in [0.2, 0.25) is 0 Å². The molecular weight excluding hydrogens is 369 g/mol. The van der Waals surface area contributed by atoms with E-state index >= 15 is 0 Å². The number of halogens is 3. The molecule has 4 rings (SSSR count). The molecule has 2 heterocycles. The predicted molar refractivity (Wildman–Crippen MR) is 98.3 cm³/mol. The van der Waals surface area contributed by atoms with Gasteiger partial charge in [-0.1, -0.05) is 18.2 Å². The van der Waals surface area contributed by atoms with Crippen LogP contribution in [0.1, 0.15) is 12.0 Å². The number of nitrogens with zero attached hydrogens (tertiary/aromatic N) is 2. The zero-order valence-corrected chi connectivity index (χ0v) is 15.3. The Hall–Kier alpha value is -2.38. The maximum atomic E-state index is 14.0. The van der Waals surface area contributed by atoms with Gasteiger partial charge in [0, 0.05) is 42.4 Å². The second-order valence-electron chi connectivity index (χ2n) is 7.63. The minimum atomic E-state index is -1.19. The number of ether oxygens (including phenoxy) is 1. The highest BCUT2D eigenvalue weighted by molar-refractivity contribution is 5.94. The molecule has 0 N–H and O–H groups in total. The second-order valence-corrected chi connectivity index (χ2v) is 7.63. The Morgan fingerprint density at radius 1 is 1.00 bits per heavy atom. The smallest absolute Gasteiger partial charge is 0.252 e. The summed E-state index contributed by atoms with van der Waals surface area (Å²) in [6.07, 6.45) is 0.773. The van der Waals surface area contributed by atoms with E-state index in [0.717, 1.165) is 18.2 Å². The van der Waals surface area contributed by atoms with E-state index in [0.29, 0.717) is 32.3 Å². The number of hydrogen-bond acceptors (Lipinski definition) is 3. The van der Waals surface area contributed by atoms with Crippen LogP contribution in [-0.2, 0) is 16.1 Å². The summed E-state index contributed by atoms with van der Waals surface area (Å²) in [5, 5.41) is 0. The number of likely N-dealkylation sites (tertiary alicyclic amines) is 1. The van der Waals surface area contributed by atoms with Gasteiger partial charge in [0.15, 0.2) is 11.6 Å². The number of benzene rings is 2. The topological polar surface area (TPSA) is 32.8 Å². The number of hydrogen-bond donors (Lipinski definition) is 0. The SMILES string of the molecule is O=C1COCC2(CCN(Cc3cc(F)c(F)cc3F)C2)CN1c1ccccc1. The highest BCUT2D eigenvalue weighted by Crippen LogP contribution is 2.36. The Labute approximate surface area is 161 Å². The molecular formula is C21H21F3N2O2. The summed E-state index contributed by atoms with van der Waals surface area (Å²) in [6, 6.07) is 10.9. The van der Waals surface area contributed by atoms with Crippen LogP contribution >= 0.6 is 0 Å². The van der Waals surface area contributed by atoms with Crippen LogP contribution in [-0.4, -0.2) is 43.7 Å². The van der Waals surface area contributed by atoms with E-state index in [2.05, 4.69) is 0 Å². The molecule has 1 amide bonds. The zero-order valence-electron chi connectivity index (χ0n) is 15.3. The van der Waals surface area contributed by atoms with E-state index in [-0.39, 0.29) is 30.0 Å². The van der Waals surface area contributed by atoms with Crippen molar-refractivity contribution in [3.05, 3.63) is 65.5 Å². The molecule has 0 saturated carbocycles. The van der Waals surface area contributed by atoms with E-state index in [1.807, 2.05) is 35.2 Å². The van der Waals surface area contributed by atoms with Crippen molar-refractivity contribution in [3.63, 3.8) is 0 Å². The van der Waals surface area contributed by atoms with Gasteiger partial charge in [0.05, 0.1) is 6.61 Å². The molecule has 2 aromatic rings. The Balaban J connectivity index is 1.51. The third kappa shape index (κ3) is 3.77. The molecule has 1 spiro atoms. The number of para-hydroxylation sites is 1. The number of rotatable bonds is 3. The summed E-state index contributed by atoms with van der Waals surface area (Å²) in [6.45, 7) is 2.39. The van der Waals surface area contributed by atoms with Crippen molar-refractivity contribution in [1.29, 1.82) is 0 Å². The fourth-order valence-corrected chi connectivity index (χ4v) is 4.08. The molecule has 0 aromatic heterocycles. The minimum Gasteiger partial charge on any atom is -0.371 e. The molecule has 0 bridgehead atoms. The van der Waals surface area contributed by atoms with E-state index in [1.54, 1.807) is 4.90 Å². The van der Waals surface area contributed by atoms with Gasteiger partial charge in [-0.25, -0.2) is 13.2 Å². The first-order valence-electron chi connectivity index (χ1n) is 9.25. The van der Waals surface area contributed by atoms with Gasteiger partial charge in [0.25, 0.3) is 5.91 Å². The molecule has 2 saturated heterocycles. The van der Waals surface area contributed by atoms with Gasteiger partial charge in [-0.15, -0.1) is 0 Å². The lowest BCUT2D eigenvalue weighted by molar-refractivity contribution is -0.122.